The van der Waals surface area contributed by atoms with Gasteiger partial charge in [-0.25, -0.2) is 4.79 Å². The lowest BCUT2D eigenvalue weighted by Crippen LogP contribution is -2.36. The first-order valence-electron chi connectivity index (χ1n) is 14.2. The van der Waals surface area contributed by atoms with Gasteiger partial charge in [-0.1, -0.05) is 54.6 Å². The lowest BCUT2D eigenvalue weighted by Gasteiger charge is -2.38. The van der Waals surface area contributed by atoms with Crippen molar-refractivity contribution >= 4 is 22.8 Å². The van der Waals surface area contributed by atoms with Crippen LogP contribution in [-0.4, -0.2) is 58.0 Å². The fourth-order valence-corrected chi connectivity index (χ4v) is 5.46. The number of aryl methyl sites for hydroxylation is 1. The molecule has 0 radical (unpaired) electrons. The van der Waals surface area contributed by atoms with E-state index in [4.69, 9.17) is 33.5 Å². The third kappa shape index (κ3) is 5.95. The Balaban J connectivity index is 1.66. The standard InChI is InChI=1S/C35H36O8/c1-23-27-15-14-26(38-3)22-29(27)33-28(32(23)34(37)39-4)16-17-35(43-33,25-10-6-5-7-11-25)30-12-8-9-13-31(30)42-24(2)41-21-20-40-19-18-36/h5-17,22,24,36H,18-21H2,1-4H3. The van der Waals surface area contributed by atoms with E-state index in [0.717, 1.165) is 27.5 Å². The molecule has 1 N–H and O–H groups in total. The molecule has 0 spiro atoms. The van der Waals surface area contributed by atoms with Gasteiger partial charge in [0.2, 0.25) is 0 Å². The van der Waals surface area contributed by atoms with Crippen LogP contribution in [0.3, 0.4) is 0 Å². The van der Waals surface area contributed by atoms with E-state index < -0.39 is 17.9 Å². The van der Waals surface area contributed by atoms with Gasteiger partial charge in [0.05, 0.1) is 46.2 Å². The summed E-state index contributed by atoms with van der Waals surface area (Å²) in [5.74, 6) is 1.34. The summed E-state index contributed by atoms with van der Waals surface area (Å²) in [6, 6.07) is 23.3. The van der Waals surface area contributed by atoms with Gasteiger partial charge in [0.15, 0.2) is 11.9 Å². The van der Waals surface area contributed by atoms with Gasteiger partial charge in [-0.3, -0.25) is 0 Å². The van der Waals surface area contributed by atoms with Crippen molar-refractivity contribution < 1.29 is 38.3 Å². The van der Waals surface area contributed by atoms with E-state index in [1.807, 2.05) is 98.8 Å². The fraction of sp³-hybridized carbons (Fsp3) is 0.286. The average molecular weight is 585 g/mol. The molecule has 4 aromatic carbocycles. The minimum atomic E-state index is -1.12. The van der Waals surface area contributed by atoms with Crippen LogP contribution in [0, 0.1) is 6.92 Å². The van der Waals surface area contributed by atoms with E-state index in [2.05, 4.69) is 0 Å². The summed E-state index contributed by atoms with van der Waals surface area (Å²) >= 11 is 0. The van der Waals surface area contributed by atoms with Gasteiger partial charge >= 0.3 is 5.97 Å². The smallest absolute Gasteiger partial charge is 0.338 e. The lowest BCUT2D eigenvalue weighted by molar-refractivity contribution is -0.0858. The molecule has 4 aromatic rings. The number of benzene rings is 4. The molecule has 0 saturated carbocycles. The minimum absolute atomic E-state index is 0.0413. The Hall–Kier alpha value is -4.37. The number of hydrogen-bond acceptors (Lipinski definition) is 8. The van der Waals surface area contributed by atoms with Crippen molar-refractivity contribution in [3.63, 3.8) is 0 Å². The topological polar surface area (TPSA) is 92.7 Å². The highest BCUT2D eigenvalue weighted by atomic mass is 16.7. The molecule has 0 amide bonds. The number of para-hydroxylation sites is 1. The third-order valence-electron chi connectivity index (χ3n) is 7.50. The maximum absolute atomic E-state index is 13.1. The zero-order valence-electron chi connectivity index (χ0n) is 24.8. The van der Waals surface area contributed by atoms with Crippen LogP contribution in [0.4, 0.5) is 0 Å². The number of hydrogen-bond donors (Lipinski definition) is 1. The van der Waals surface area contributed by atoms with Crippen molar-refractivity contribution in [2.24, 2.45) is 0 Å². The van der Waals surface area contributed by atoms with Gasteiger partial charge in [-0.2, -0.15) is 0 Å². The highest BCUT2D eigenvalue weighted by Gasteiger charge is 2.41. The van der Waals surface area contributed by atoms with E-state index in [9.17, 15) is 4.79 Å². The van der Waals surface area contributed by atoms with Crippen LogP contribution in [0.2, 0.25) is 0 Å². The van der Waals surface area contributed by atoms with Crippen LogP contribution in [0.1, 0.15) is 39.5 Å². The second kappa shape index (κ2) is 13.3. The second-order valence-electron chi connectivity index (χ2n) is 10.1. The molecule has 0 aliphatic carbocycles. The van der Waals surface area contributed by atoms with Gasteiger partial charge in [0.25, 0.3) is 0 Å². The van der Waals surface area contributed by atoms with Crippen molar-refractivity contribution in [3.8, 4) is 17.2 Å². The van der Waals surface area contributed by atoms with E-state index in [-0.39, 0.29) is 13.2 Å². The van der Waals surface area contributed by atoms with E-state index in [1.165, 1.54) is 7.11 Å². The van der Waals surface area contributed by atoms with Crippen molar-refractivity contribution in [3.05, 3.63) is 107 Å². The SMILES string of the molecule is COC(=O)c1c2c(c3cc(OC)ccc3c1C)OC(c1ccccc1)(c1ccccc1OC(C)OCCOCCO)C=C2. The minimum Gasteiger partial charge on any atom is -0.497 e. The molecule has 1 aliphatic rings. The van der Waals surface area contributed by atoms with Gasteiger partial charge < -0.3 is 33.5 Å². The Morgan fingerprint density at radius 3 is 2.47 bits per heavy atom. The first-order chi connectivity index (χ1) is 20.9. The molecule has 224 valence electrons. The van der Waals surface area contributed by atoms with Crippen molar-refractivity contribution in [1.29, 1.82) is 0 Å². The predicted molar refractivity (Wildman–Crippen MR) is 164 cm³/mol. The molecule has 2 unspecified atom stereocenters. The summed E-state index contributed by atoms with van der Waals surface area (Å²) < 4.78 is 35.4. The summed E-state index contributed by atoms with van der Waals surface area (Å²) in [5.41, 5.74) is 2.38. The lowest BCUT2D eigenvalue weighted by atomic mass is 9.81. The third-order valence-corrected chi connectivity index (χ3v) is 7.50. The normalized spacial score (nSPS) is 16.3. The molecule has 43 heavy (non-hydrogen) atoms. The number of fused-ring (bicyclic) bond motifs is 3. The Morgan fingerprint density at radius 2 is 1.72 bits per heavy atom. The van der Waals surface area contributed by atoms with Crippen molar-refractivity contribution in [2.75, 3.05) is 40.6 Å². The van der Waals surface area contributed by atoms with Crippen molar-refractivity contribution in [1.82, 2.24) is 0 Å². The molecule has 5 rings (SSSR count). The molecule has 0 fully saturated rings. The zero-order chi connectivity index (χ0) is 30.4. The molecule has 0 bridgehead atoms. The van der Waals surface area contributed by atoms with Crippen LogP contribution in [0.5, 0.6) is 17.2 Å². The van der Waals surface area contributed by atoms with Gasteiger partial charge in [0, 0.05) is 22.1 Å². The zero-order valence-corrected chi connectivity index (χ0v) is 24.8. The first kappa shape index (κ1) is 30.1. The maximum atomic E-state index is 13.1. The van der Waals surface area contributed by atoms with Crippen LogP contribution < -0.4 is 14.2 Å². The summed E-state index contributed by atoms with van der Waals surface area (Å²) in [4.78, 5) is 13.1. The molecule has 1 aliphatic heterocycles. The predicted octanol–water partition coefficient (Wildman–Crippen LogP) is 6.04. The molecule has 0 saturated heterocycles. The number of methoxy groups -OCH3 is 2. The fourth-order valence-electron chi connectivity index (χ4n) is 5.46. The second-order valence-corrected chi connectivity index (χ2v) is 10.1. The van der Waals surface area contributed by atoms with E-state index in [0.29, 0.717) is 41.6 Å². The van der Waals surface area contributed by atoms with Gasteiger partial charge in [0.1, 0.15) is 17.2 Å². The largest absolute Gasteiger partial charge is 0.497 e. The van der Waals surface area contributed by atoms with Gasteiger partial charge in [-0.15, -0.1) is 0 Å². The van der Waals surface area contributed by atoms with E-state index >= 15 is 0 Å². The monoisotopic (exact) mass is 584 g/mol. The number of carbonyl (C=O) groups is 1. The van der Waals surface area contributed by atoms with E-state index in [1.54, 1.807) is 7.11 Å². The van der Waals surface area contributed by atoms with Crippen LogP contribution in [0.25, 0.3) is 16.8 Å². The Morgan fingerprint density at radius 1 is 0.953 bits per heavy atom. The van der Waals surface area contributed by atoms with Crippen molar-refractivity contribution in [2.45, 2.75) is 25.7 Å². The molecule has 1 heterocycles. The number of esters is 1. The number of ether oxygens (including phenoxy) is 6. The van der Waals surface area contributed by atoms with Crippen LogP contribution in [0.15, 0.2) is 78.9 Å². The summed E-state index contributed by atoms with van der Waals surface area (Å²) in [6.07, 6.45) is 3.29. The summed E-state index contributed by atoms with van der Waals surface area (Å²) in [6.45, 7) is 4.58. The molecular weight excluding hydrogens is 548 g/mol. The Kier molecular flexibility index (Phi) is 9.31. The number of rotatable bonds is 12. The first-order valence-corrected chi connectivity index (χ1v) is 14.2. The Bertz CT molecular complexity index is 1610. The van der Waals surface area contributed by atoms with Gasteiger partial charge in [-0.05, 0) is 55.1 Å². The van der Waals surface area contributed by atoms with Crippen LogP contribution in [-0.2, 0) is 19.8 Å². The molecule has 8 heteroatoms. The number of aliphatic hydroxyl groups excluding tert-OH is 1. The maximum Gasteiger partial charge on any atom is 0.338 e. The molecule has 8 nitrogen and oxygen atoms in total. The summed E-state index contributed by atoms with van der Waals surface area (Å²) in [5, 5.41) is 10.6. The summed E-state index contributed by atoms with van der Waals surface area (Å²) in [7, 11) is 3.00. The molecular formula is C35H36O8. The number of carbonyl (C=O) groups excluding carboxylic acids is 1. The Labute approximate surface area is 251 Å². The highest BCUT2D eigenvalue weighted by molar-refractivity contribution is 6.06. The quantitative estimate of drug-likeness (QED) is 0.122. The highest BCUT2D eigenvalue weighted by Crippen LogP contribution is 2.49. The van der Waals surface area contributed by atoms with Crippen LogP contribution >= 0.6 is 0 Å². The number of aliphatic hydroxyl groups is 1. The molecule has 2 atom stereocenters. The molecule has 0 aromatic heterocycles. The average Bonchev–Trinajstić information content (AvgIpc) is 3.05.